The maximum Gasteiger partial charge on any atom is 0.269 e. The number of aryl methyl sites for hydroxylation is 1. The van der Waals surface area contributed by atoms with Crippen LogP contribution in [0.4, 0.5) is 5.69 Å². The summed E-state index contributed by atoms with van der Waals surface area (Å²) in [6.45, 7) is 3.98. The van der Waals surface area contributed by atoms with Crippen molar-refractivity contribution < 1.29 is 13.3 Å². The van der Waals surface area contributed by atoms with Crippen LogP contribution in [0.2, 0.25) is 0 Å². The quantitative estimate of drug-likeness (QED) is 0.124. The zero-order valence-corrected chi connectivity index (χ0v) is 23.5. The number of hydrogen-bond donors (Lipinski definition) is 1. The number of hydrogen-bond acceptors (Lipinski definition) is 7. The monoisotopic (exact) mass is 565 g/mol. The minimum atomic E-state index is -3.61. The van der Waals surface area contributed by atoms with Crippen molar-refractivity contribution in [3.05, 3.63) is 111 Å². The number of thioether (sulfide) groups is 1. The van der Waals surface area contributed by atoms with Crippen molar-refractivity contribution in [1.82, 2.24) is 19.5 Å². The van der Waals surface area contributed by atoms with Crippen molar-refractivity contribution in [3.63, 3.8) is 0 Å². The van der Waals surface area contributed by atoms with Gasteiger partial charge in [-0.05, 0) is 43.0 Å². The first-order valence-corrected chi connectivity index (χ1v) is 15.3. The highest BCUT2D eigenvalue weighted by molar-refractivity contribution is 7.98. The van der Waals surface area contributed by atoms with Crippen molar-refractivity contribution in [2.75, 3.05) is 5.75 Å². The second-order valence-electron chi connectivity index (χ2n) is 9.26. The summed E-state index contributed by atoms with van der Waals surface area (Å²) in [7, 11) is -3.61. The minimum Gasteiger partial charge on any atom is -0.273 e. The Morgan fingerprint density at radius 3 is 2.38 bits per heavy atom. The zero-order chi connectivity index (χ0) is 27.8. The van der Waals surface area contributed by atoms with Crippen LogP contribution in [0.15, 0.2) is 84.0 Å². The molecule has 1 heterocycles. The molecule has 0 saturated carbocycles. The number of sulfonamides is 1. The molecule has 0 aliphatic rings. The first-order valence-electron chi connectivity index (χ1n) is 12.7. The molecule has 4 rings (SSSR count). The number of benzene rings is 3. The van der Waals surface area contributed by atoms with E-state index in [0.717, 1.165) is 23.1 Å². The van der Waals surface area contributed by atoms with Gasteiger partial charge in [-0.2, -0.15) is 0 Å². The summed E-state index contributed by atoms with van der Waals surface area (Å²) in [6, 6.07) is 23.2. The Balaban J connectivity index is 1.77. The summed E-state index contributed by atoms with van der Waals surface area (Å²) in [5.74, 6) is 1.05. The molecule has 4 aromatic rings. The average Bonchev–Trinajstić information content (AvgIpc) is 3.35. The molecule has 0 aliphatic carbocycles. The fourth-order valence-electron chi connectivity index (χ4n) is 4.16. The molecule has 3 aromatic carbocycles. The molecule has 204 valence electrons. The standard InChI is InChI=1S/C28H31N5O4S2/c1-3-4-17-39(36,37)31-26(19-22-10-6-5-7-11-22)27-29-30-28(38-20-23-12-8-9-21(2)18-23)32(27)24-13-15-25(16-14-24)33(34)35/h5-16,18,26,31H,3-4,17,19-20H2,1-2H3. The Morgan fingerprint density at radius 1 is 1.00 bits per heavy atom. The van der Waals surface area contributed by atoms with Crippen LogP contribution in [0.1, 0.15) is 48.3 Å². The number of nitrogens with one attached hydrogen (secondary N) is 1. The van der Waals surface area contributed by atoms with Gasteiger partial charge in [0.2, 0.25) is 10.0 Å². The Kier molecular flexibility index (Phi) is 9.50. The van der Waals surface area contributed by atoms with Crippen molar-refractivity contribution in [2.45, 2.75) is 50.1 Å². The number of nitro benzene ring substituents is 1. The molecule has 0 spiro atoms. The van der Waals surface area contributed by atoms with Crippen LogP contribution in [0.25, 0.3) is 5.69 Å². The molecule has 0 saturated heterocycles. The number of rotatable bonds is 13. The van der Waals surface area contributed by atoms with E-state index in [1.807, 2.05) is 62.4 Å². The molecule has 0 radical (unpaired) electrons. The maximum absolute atomic E-state index is 13.0. The first kappa shape index (κ1) is 28.5. The van der Waals surface area contributed by atoms with Gasteiger partial charge in [0.15, 0.2) is 11.0 Å². The molecule has 11 heteroatoms. The number of aromatic nitrogens is 3. The van der Waals surface area contributed by atoms with Gasteiger partial charge in [0, 0.05) is 23.6 Å². The van der Waals surface area contributed by atoms with Crippen molar-refractivity contribution >= 4 is 27.5 Å². The van der Waals surface area contributed by atoms with Crippen LogP contribution in [0, 0.1) is 17.0 Å². The highest BCUT2D eigenvalue weighted by Gasteiger charge is 2.27. The summed E-state index contributed by atoms with van der Waals surface area (Å²) in [4.78, 5) is 10.8. The summed E-state index contributed by atoms with van der Waals surface area (Å²) in [6.07, 6.45) is 1.66. The van der Waals surface area contributed by atoms with Crippen molar-refractivity contribution in [3.8, 4) is 5.69 Å². The van der Waals surface area contributed by atoms with E-state index in [4.69, 9.17) is 0 Å². The van der Waals surface area contributed by atoms with E-state index in [1.165, 1.54) is 23.9 Å². The van der Waals surface area contributed by atoms with Crippen LogP contribution in [-0.4, -0.2) is 33.9 Å². The lowest BCUT2D eigenvalue weighted by Gasteiger charge is -2.20. The van der Waals surface area contributed by atoms with E-state index in [2.05, 4.69) is 21.0 Å². The van der Waals surface area contributed by atoms with Crippen molar-refractivity contribution in [1.29, 1.82) is 0 Å². The van der Waals surface area contributed by atoms with Crippen LogP contribution in [0.5, 0.6) is 0 Å². The zero-order valence-electron chi connectivity index (χ0n) is 21.9. The second-order valence-corrected chi connectivity index (χ2v) is 12.1. The number of nitrogens with zero attached hydrogens (tertiary/aromatic N) is 4. The van der Waals surface area contributed by atoms with Gasteiger partial charge in [0.25, 0.3) is 5.69 Å². The molecular formula is C28H31N5O4S2. The van der Waals surface area contributed by atoms with E-state index in [-0.39, 0.29) is 11.4 Å². The lowest BCUT2D eigenvalue weighted by Crippen LogP contribution is -2.33. The van der Waals surface area contributed by atoms with E-state index in [0.29, 0.717) is 35.3 Å². The third-order valence-corrected chi connectivity index (χ3v) is 8.58. The third-order valence-electron chi connectivity index (χ3n) is 6.11. The van der Waals surface area contributed by atoms with E-state index >= 15 is 0 Å². The molecule has 1 N–H and O–H groups in total. The Labute approximate surface area is 232 Å². The van der Waals surface area contributed by atoms with Crippen LogP contribution < -0.4 is 4.72 Å². The molecule has 1 aromatic heterocycles. The summed E-state index contributed by atoms with van der Waals surface area (Å²) in [5.41, 5.74) is 3.77. The maximum atomic E-state index is 13.0. The normalized spacial score (nSPS) is 12.4. The fourth-order valence-corrected chi connectivity index (χ4v) is 6.47. The van der Waals surface area contributed by atoms with Crippen LogP contribution in [0.3, 0.4) is 0 Å². The van der Waals surface area contributed by atoms with Gasteiger partial charge in [-0.3, -0.25) is 14.7 Å². The average molecular weight is 566 g/mol. The van der Waals surface area contributed by atoms with Crippen LogP contribution >= 0.6 is 11.8 Å². The van der Waals surface area contributed by atoms with Gasteiger partial charge in [0.1, 0.15) is 0 Å². The molecular weight excluding hydrogens is 534 g/mol. The molecule has 0 fully saturated rings. The van der Waals surface area contributed by atoms with Gasteiger partial charge in [-0.1, -0.05) is 85.3 Å². The summed E-state index contributed by atoms with van der Waals surface area (Å²) < 4.78 is 30.7. The van der Waals surface area contributed by atoms with Crippen molar-refractivity contribution in [2.24, 2.45) is 0 Å². The Hall–Kier alpha value is -3.54. The van der Waals surface area contributed by atoms with Gasteiger partial charge < -0.3 is 0 Å². The molecule has 1 unspecified atom stereocenters. The van der Waals surface area contributed by atoms with Gasteiger partial charge in [-0.25, -0.2) is 13.1 Å². The first-order chi connectivity index (χ1) is 18.8. The number of nitro groups is 1. The van der Waals surface area contributed by atoms with E-state index in [1.54, 1.807) is 16.7 Å². The lowest BCUT2D eigenvalue weighted by atomic mass is 10.1. The third kappa shape index (κ3) is 7.75. The molecule has 1 atom stereocenters. The van der Waals surface area contributed by atoms with Crippen LogP contribution in [-0.2, 0) is 22.2 Å². The number of non-ortho nitro benzene ring substituents is 1. The second kappa shape index (κ2) is 13.0. The highest BCUT2D eigenvalue weighted by atomic mass is 32.2. The van der Waals surface area contributed by atoms with Gasteiger partial charge >= 0.3 is 0 Å². The van der Waals surface area contributed by atoms with Gasteiger partial charge in [-0.15, -0.1) is 10.2 Å². The molecule has 9 nitrogen and oxygen atoms in total. The fraction of sp³-hybridized carbons (Fsp3) is 0.286. The summed E-state index contributed by atoms with van der Waals surface area (Å²) >= 11 is 1.47. The molecule has 39 heavy (non-hydrogen) atoms. The largest absolute Gasteiger partial charge is 0.273 e. The minimum absolute atomic E-state index is 0.00935. The summed E-state index contributed by atoms with van der Waals surface area (Å²) in [5, 5.41) is 20.8. The van der Waals surface area contributed by atoms with E-state index < -0.39 is 21.0 Å². The SMILES string of the molecule is CCCCS(=O)(=O)NC(Cc1ccccc1)c1nnc(SCc2cccc(C)c2)n1-c1ccc([N+](=O)[O-])cc1. The Bertz CT molecular complexity index is 1510. The molecule has 0 aliphatic heterocycles. The molecule has 0 amide bonds. The lowest BCUT2D eigenvalue weighted by molar-refractivity contribution is -0.384. The predicted molar refractivity (Wildman–Crippen MR) is 153 cm³/mol. The van der Waals surface area contributed by atoms with E-state index in [9.17, 15) is 18.5 Å². The number of unbranched alkanes of at least 4 members (excludes halogenated alkanes) is 1. The highest BCUT2D eigenvalue weighted by Crippen LogP contribution is 2.30. The Morgan fingerprint density at radius 2 is 1.72 bits per heavy atom. The molecule has 0 bridgehead atoms. The topological polar surface area (TPSA) is 120 Å². The smallest absolute Gasteiger partial charge is 0.269 e. The predicted octanol–water partition coefficient (Wildman–Crippen LogP) is 5.78. The van der Waals surface area contributed by atoms with Gasteiger partial charge in [0.05, 0.1) is 16.7 Å².